The maximum atomic E-state index is 10.8. The molecule has 0 fully saturated rings. The molecule has 1 aromatic carbocycles. The molecule has 1 N–H and O–H groups in total. The minimum atomic E-state index is -1.02. The van der Waals surface area contributed by atoms with Crippen molar-refractivity contribution in [2.45, 2.75) is 0 Å². The number of benzene rings is 1. The van der Waals surface area contributed by atoms with Gasteiger partial charge in [-0.15, -0.1) is 0 Å². The molecule has 5 heteroatoms. The smallest absolute Gasteiger partial charge is 0.335 e. The zero-order valence-corrected chi connectivity index (χ0v) is 9.66. The van der Waals surface area contributed by atoms with Gasteiger partial charge in [0, 0.05) is 12.3 Å². The summed E-state index contributed by atoms with van der Waals surface area (Å²) in [5, 5.41) is 8.88. The number of rotatable bonds is 4. The number of nitrogens with zero attached hydrogens (tertiary/aromatic N) is 1. The summed E-state index contributed by atoms with van der Waals surface area (Å²) in [7, 11) is 1.45. The second-order valence-corrected chi connectivity index (χ2v) is 3.44. The standard InChI is InChI=1S/C13H11NO4/c1-17-11-8-9(13(15)16)5-6-10(11)18-12-4-2-3-7-14-12/h2-8H,1H3,(H,15,16). The minimum Gasteiger partial charge on any atom is -0.493 e. The highest BCUT2D eigenvalue weighted by molar-refractivity contribution is 5.88. The lowest BCUT2D eigenvalue weighted by Gasteiger charge is -2.09. The van der Waals surface area contributed by atoms with Crippen LogP contribution < -0.4 is 9.47 Å². The lowest BCUT2D eigenvalue weighted by Crippen LogP contribution is -1.98. The predicted octanol–water partition coefficient (Wildman–Crippen LogP) is 2.58. The Morgan fingerprint density at radius 1 is 1.22 bits per heavy atom. The van der Waals surface area contributed by atoms with Crippen LogP contribution in [0.3, 0.4) is 0 Å². The molecule has 0 aliphatic carbocycles. The van der Waals surface area contributed by atoms with Crippen molar-refractivity contribution < 1.29 is 19.4 Å². The number of carboxylic acid groups (broad SMARTS) is 1. The van der Waals surface area contributed by atoms with Crippen LogP contribution in [-0.4, -0.2) is 23.2 Å². The van der Waals surface area contributed by atoms with Crippen molar-refractivity contribution in [3.8, 4) is 17.4 Å². The number of hydrogen-bond acceptors (Lipinski definition) is 4. The van der Waals surface area contributed by atoms with Gasteiger partial charge in [-0.3, -0.25) is 0 Å². The number of aromatic carboxylic acids is 1. The second kappa shape index (κ2) is 5.18. The van der Waals surface area contributed by atoms with E-state index in [1.807, 2.05) is 0 Å². The Kier molecular flexibility index (Phi) is 3.43. The Labute approximate surface area is 104 Å². The predicted molar refractivity (Wildman–Crippen MR) is 64.3 cm³/mol. The van der Waals surface area contributed by atoms with Crippen LogP contribution in [0.2, 0.25) is 0 Å². The van der Waals surface area contributed by atoms with E-state index < -0.39 is 5.97 Å². The van der Waals surface area contributed by atoms with Gasteiger partial charge in [-0.25, -0.2) is 9.78 Å². The van der Waals surface area contributed by atoms with E-state index in [0.717, 1.165) is 0 Å². The van der Waals surface area contributed by atoms with Crippen LogP contribution in [0.4, 0.5) is 0 Å². The highest BCUT2D eigenvalue weighted by atomic mass is 16.5. The van der Waals surface area contributed by atoms with E-state index in [4.69, 9.17) is 14.6 Å². The number of ether oxygens (including phenoxy) is 2. The molecular formula is C13H11NO4. The van der Waals surface area contributed by atoms with E-state index in [0.29, 0.717) is 17.4 Å². The van der Waals surface area contributed by atoms with Gasteiger partial charge in [0.15, 0.2) is 11.5 Å². The fraction of sp³-hybridized carbons (Fsp3) is 0.0769. The van der Waals surface area contributed by atoms with E-state index in [1.165, 1.54) is 25.3 Å². The average Bonchev–Trinajstić information content (AvgIpc) is 2.40. The molecule has 92 valence electrons. The van der Waals surface area contributed by atoms with Crippen LogP contribution >= 0.6 is 0 Å². The third kappa shape index (κ3) is 2.57. The Morgan fingerprint density at radius 3 is 2.67 bits per heavy atom. The first-order chi connectivity index (χ1) is 8.70. The highest BCUT2D eigenvalue weighted by Crippen LogP contribution is 2.31. The van der Waals surface area contributed by atoms with Gasteiger partial charge >= 0.3 is 5.97 Å². The number of methoxy groups -OCH3 is 1. The van der Waals surface area contributed by atoms with Crippen molar-refractivity contribution in [2.75, 3.05) is 7.11 Å². The molecule has 0 saturated heterocycles. The van der Waals surface area contributed by atoms with Gasteiger partial charge in [-0.05, 0) is 24.3 Å². The third-order valence-electron chi connectivity index (χ3n) is 2.26. The molecule has 1 aromatic heterocycles. The van der Waals surface area contributed by atoms with Gasteiger partial charge in [-0.1, -0.05) is 6.07 Å². The van der Waals surface area contributed by atoms with Crippen molar-refractivity contribution in [1.82, 2.24) is 4.98 Å². The summed E-state index contributed by atoms with van der Waals surface area (Å²) in [5.74, 6) is 0.165. The van der Waals surface area contributed by atoms with Gasteiger partial charge in [0.2, 0.25) is 5.88 Å². The monoisotopic (exact) mass is 245 g/mol. The largest absolute Gasteiger partial charge is 0.493 e. The molecule has 0 aliphatic rings. The summed E-state index contributed by atoms with van der Waals surface area (Å²) in [4.78, 5) is 14.8. The first kappa shape index (κ1) is 11.9. The summed E-state index contributed by atoms with van der Waals surface area (Å²) in [5.41, 5.74) is 0.139. The van der Waals surface area contributed by atoms with Crippen molar-refractivity contribution in [2.24, 2.45) is 0 Å². The summed E-state index contributed by atoms with van der Waals surface area (Å²) in [6.07, 6.45) is 1.60. The molecule has 18 heavy (non-hydrogen) atoms. The summed E-state index contributed by atoms with van der Waals surface area (Å²) < 4.78 is 10.6. The highest BCUT2D eigenvalue weighted by Gasteiger charge is 2.10. The maximum Gasteiger partial charge on any atom is 0.335 e. The van der Waals surface area contributed by atoms with Gasteiger partial charge < -0.3 is 14.6 Å². The molecule has 2 aromatic rings. The Balaban J connectivity index is 2.31. The lowest BCUT2D eigenvalue weighted by molar-refractivity contribution is 0.0696. The van der Waals surface area contributed by atoms with E-state index in [-0.39, 0.29) is 5.56 Å². The van der Waals surface area contributed by atoms with Crippen LogP contribution in [0.25, 0.3) is 0 Å². The molecule has 0 saturated carbocycles. The fourth-order valence-electron chi connectivity index (χ4n) is 1.41. The number of carbonyl (C=O) groups is 1. The molecule has 0 bridgehead atoms. The molecule has 0 spiro atoms. The van der Waals surface area contributed by atoms with Crippen molar-refractivity contribution in [3.05, 3.63) is 48.2 Å². The number of aromatic nitrogens is 1. The zero-order valence-electron chi connectivity index (χ0n) is 9.66. The second-order valence-electron chi connectivity index (χ2n) is 3.44. The molecule has 1 heterocycles. The zero-order chi connectivity index (χ0) is 13.0. The Bertz CT molecular complexity index is 554. The fourth-order valence-corrected chi connectivity index (χ4v) is 1.41. The first-order valence-corrected chi connectivity index (χ1v) is 5.21. The summed E-state index contributed by atoms with van der Waals surface area (Å²) in [6.45, 7) is 0. The molecular weight excluding hydrogens is 234 g/mol. The number of pyridine rings is 1. The van der Waals surface area contributed by atoms with Crippen molar-refractivity contribution in [3.63, 3.8) is 0 Å². The first-order valence-electron chi connectivity index (χ1n) is 5.21. The number of hydrogen-bond donors (Lipinski definition) is 1. The van der Waals surface area contributed by atoms with E-state index >= 15 is 0 Å². The van der Waals surface area contributed by atoms with Crippen molar-refractivity contribution in [1.29, 1.82) is 0 Å². The van der Waals surface area contributed by atoms with Crippen LogP contribution in [0, 0.1) is 0 Å². The SMILES string of the molecule is COc1cc(C(=O)O)ccc1Oc1ccccn1. The normalized spacial score (nSPS) is 9.83. The molecule has 0 atom stereocenters. The van der Waals surface area contributed by atoms with Crippen LogP contribution in [0.5, 0.6) is 17.4 Å². The van der Waals surface area contributed by atoms with E-state index in [1.54, 1.807) is 24.4 Å². The summed E-state index contributed by atoms with van der Waals surface area (Å²) in [6, 6.07) is 9.66. The van der Waals surface area contributed by atoms with Crippen LogP contribution in [0.15, 0.2) is 42.6 Å². The maximum absolute atomic E-state index is 10.8. The number of carboxylic acids is 1. The van der Waals surface area contributed by atoms with E-state index in [9.17, 15) is 4.79 Å². The topological polar surface area (TPSA) is 68.7 Å². The molecule has 5 nitrogen and oxygen atoms in total. The van der Waals surface area contributed by atoms with Gasteiger partial charge in [0.05, 0.1) is 12.7 Å². The van der Waals surface area contributed by atoms with E-state index in [2.05, 4.69) is 4.98 Å². The van der Waals surface area contributed by atoms with Crippen molar-refractivity contribution >= 4 is 5.97 Å². The minimum absolute atomic E-state index is 0.139. The van der Waals surface area contributed by atoms with Gasteiger partial charge in [0.25, 0.3) is 0 Å². The molecule has 2 rings (SSSR count). The van der Waals surface area contributed by atoms with Gasteiger partial charge in [-0.2, -0.15) is 0 Å². The molecule has 0 amide bonds. The van der Waals surface area contributed by atoms with Crippen LogP contribution in [-0.2, 0) is 0 Å². The molecule has 0 unspecified atom stereocenters. The molecule has 0 aliphatic heterocycles. The lowest BCUT2D eigenvalue weighted by atomic mass is 10.2. The quantitative estimate of drug-likeness (QED) is 0.896. The Hall–Kier alpha value is -2.56. The third-order valence-corrected chi connectivity index (χ3v) is 2.26. The molecule has 0 radical (unpaired) electrons. The van der Waals surface area contributed by atoms with Crippen LogP contribution in [0.1, 0.15) is 10.4 Å². The Morgan fingerprint density at radius 2 is 2.06 bits per heavy atom. The summed E-state index contributed by atoms with van der Waals surface area (Å²) >= 11 is 0. The average molecular weight is 245 g/mol. The van der Waals surface area contributed by atoms with Gasteiger partial charge in [0.1, 0.15) is 0 Å².